The third kappa shape index (κ3) is 3.01. The zero-order valence-corrected chi connectivity index (χ0v) is 11.6. The number of ketones is 1. The van der Waals surface area contributed by atoms with Gasteiger partial charge < -0.3 is 9.47 Å². The standard InChI is InChI=1S/C12H16O5S/c1-8(18(4,14)15)12(13)10-7-9(16-2)5-6-11(10)17-3/h5-8H,1-4H3. The van der Waals surface area contributed by atoms with Gasteiger partial charge in [0, 0.05) is 6.26 Å². The highest BCUT2D eigenvalue weighted by Gasteiger charge is 2.27. The Kier molecular flexibility index (Phi) is 4.34. The Morgan fingerprint density at radius 3 is 2.28 bits per heavy atom. The molecule has 0 saturated heterocycles. The van der Waals surface area contributed by atoms with Gasteiger partial charge in [-0.15, -0.1) is 0 Å². The summed E-state index contributed by atoms with van der Waals surface area (Å²) in [4.78, 5) is 12.1. The average molecular weight is 272 g/mol. The molecule has 0 aliphatic rings. The van der Waals surface area contributed by atoms with Gasteiger partial charge in [-0.25, -0.2) is 8.42 Å². The molecule has 6 heteroatoms. The van der Waals surface area contributed by atoms with E-state index in [1.54, 1.807) is 12.1 Å². The van der Waals surface area contributed by atoms with E-state index in [1.165, 1.54) is 27.2 Å². The fourth-order valence-electron chi connectivity index (χ4n) is 1.42. The molecule has 0 aliphatic heterocycles. The number of hydrogen-bond acceptors (Lipinski definition) is 5. The molecule has 0 amide bonds. The van der Waals surface area contributed by atoms with Crippen LogP contribution in [-0.4, -0.2) is 39.9 Å². The van der Waals surface area contributed by atoms with Crippen LogP contribution in [0.25, 0.3) is 0 Å². The van der Waals surface area contributed by atoms with E-state index in [0.717, 1.165) is 6.26 Å². The summed E-state index contributed by atoms with van der Waals surface area (Å²) in [6, 6.07) is 4.69. The molecule has 1 unspecified atom stereocenters. The van der Waals surface area contributed by atoms with Crippen LogP contribution in [0.4, 0.5) is 0 Å². The van der Waals surface area contributed by atoms with Crippen LogP contribution < -0.4 is 9.47 Å². The predicted molar refractivity (Wildman–Crippen MR) is 68.2 cm³/mol. The minimum Gasteiger partial charge on any atom is -0.497 e. The van der Waals surface area contributed by atoms with Gasteiger partial charge in [-0.05, 0) is 25.1 Å². The van der Waals surface area contributed by atoms with Crippen molar-refractivity contribution >= 4 is 15.6 Å². The Morgan fingerprint density at radius 2 is 1.83 bits per heavy atom. The van der Waals surface area contributed by atoms with Crippen molar-refractivity contribution in [2.24, 2.45) is 0 Å². The van der Waals surface area contributed by atoms with Gasteiger partial charge in [-0.3, -0.25) is 4.79 Å². The van der Waals surface area contributed by atoms with Crippen molar-refractivity contribution in [3.8, 4) is 11.5 Å². The maximum Gasteiger partial charge on any atom is 0.184 e. The number of rotatable bonds is 5. The zero-order valence-electron chi connectivity index (χ0n) is 10.8. The lowest BCUT2D eigenvalue weighted by molar-refractivity contribution is 0.0988. The molecular weight excluding hydrogens is 256 g/mol. The first-order valence-corrected chi connectivity index (χ1v) is 7.21. The van der Waals surface area contributed by atoms with Crippen molar-refractivity contribution in [2.75, 3.05) is 20.5 Å². The molecule has 1 aromatic rings. The number of methoxy groups -OCH3 is 2. The van der Waals surface area contributed by atoms with Crippen molar-refractivity contribution in [2.45, 2.75) is 12.2 Å². The van der Waals surface area contributed by atoms with Gasteiger partial charge in [0.05, 0.1) is 19.8 Å². The van der Waals surface area contributed by atoms with Gasteiger partial charge in [0.15, 0.2) is 15.6 Å². The topological polar surface area (TPSA) is 69.7 Å². The van der Waals surface area contributed by atoms with Gasteiger partial charge in [0.2, 0.25) is 0 Å². The average Bonchev–Trinajstić information content (AvgIpc) is 2.35. The molecule has 18 heavy (non-hydrogen) atoms. The van der Waals surface area contributed by atoms with Gasteiger partial charge in [-0.2, -0.15) is 0 Å². The number of Topliss-reactive ketones (excluding diaryl/α,β-unsaturated/α-hetero) is 1. The largest absolute Gasteiger partial charge is 0.497 e. The lowest BCUT2D eigenvalue weighted by Gasteiger charge is -2.13. The van der Waals surface area contributed by atoms with Crippen molar-refractivity contribution in [3.63, 3.8) is 0 Å². The van der Waals surface area contributed by atoms with Gasteiger partial charge in [0.25, 0.3) is 0 Å². The highest BCUT2D eigenvalue weighted by Crippen LogP contribution is 2.26. The smallest absolute Gasteiger partial charge is 0.184 e. The molecule has 100 valence electrons. The lowest BCUT2D eigenvalue weighted by atomic mass is 10.1. The van der Waals surface area contributed by atoms with E-state index in [0.29, 0.717) is 11.5 Å². The quantitative estimate of drug-likeness (QED) is 0.756. The molecule has 0 fully saturated rings. The summed E-state index contributed by atoms with van der Waals surface area (Å²) >= 11 is 0. The molecule has 1 rings (SSSR count). The Hall–Kier alpha value is -1.56. The van der Waals surface area contributed by atoms with Crippen LogP contribution in [0, 0.1) is 0 Å². The summed E-state index contributed by atoms with van der Waals surface area (Å²) in [5.41, 5.74) is 0.203. The van der Waals surface area contributed by atoms with Gasteiger partial charge in [-0.1, -0.05) is 0 Å². The Labute approximate surface area is 107 Å². The minimum atomic E-state index is -3.44. The maximum absolute atomic E-state index is 12.1. The molecule has 0 spiro atoms. The highest BCUT2D eigenvalue weighted by molar-refractivity contribution is 7.92. The molecule has 0 heterocycles. The molecule has 0 saturated carbocycles. The summed E-state index contributed by atoms with van der Waals surface area (Å²) < 4.78 is 32.9. The van der Waals surface area contributed by atoms with Gasteiger partial charge in [0.1, 0.15) is 16.7 Å². The van der Waals surface area contributed by atoms with Gasteiger partial charge >= 0.3 is 0 Å². The van der Waals surface area contributed by atoms with Crippen LogP contribution in [-0.2, 0) is 9.84 Å². The van der Waals surface area contributed by atoms with Crippen molar-refractivity contribution < 1.29 is 22.7 Å². The van der Waals surface area contributed by atoms with E-state index < -0.39 is 20.9 Å². The summed E-state index contributed by atoms with van der Waals surface area (Å²) in [7, 11) is -0.552. The number of sulfone groups is 1. The SMILES string of the molecule is COc1ccc(OC)c(C(=O)C(C)S(C)(=O)=O)c1. The molecule has 0 radical (unpaired) electrons. The summed E-state index contributed by atoms with van der Waals surface area (Å²) in [6.45, 7) is 1.36. The van der Waals surface area contributed by atoms with Crippen molar-refractivity contribution in [1.29, 1.82) is 0 Å². The number of benzene rings is 1. The van der Waals surface area contributed by atoms with E-state index in [4.69, 9.17) is 9.47 Å². The second-order valence-electron chi connectivity index (χ2n) is 3.90. The Bertz CT molecular complexity index is 548. The lowest BCUT2D eigenvalue weighted by Crippen LogP contribution is -2.26. The molecular formula is C12H16O5S. The second-order valence-corrected chi connectivity index (χ2v) is 6.27. The molecule has 0 bridgehead atoms. The molecule has 0 N–H and O–H groups in total. The molecule has 0 aliphatic carbocycles. The summed E-state index contributed by atoms with van der Waals surface area (Å²) in [5.74, 6) is 0.296. The van der Waals surface area contributed by atoms with Crippen molar-refractivity contribution in [3.05, 3.63) is 23.8 Å². The molecule has 1 atom stereocenters. The van der Waals surface area contributed by atoms with Crippen molar-refractivity contribution in [1.82, 2.24) is 0 Å². The number of hydrogen-bond donors (Lipinski definition) is 0. The van der Waals surface area contributed by atoms with Crippen LogP contribution in [0.15, 0.2) is 18.2 Å². The maximum atomic E-state index is 12.1. The monoisotopic (exact) mass is 272 g/mol. The van der Waals surface area contributed by atoms with Crippen LogP contribution >= 0.6 is 0 Å². The predicted octanol–water partition coefficient (Wildman–Crippen LogP) is 1.32. The third-order valence-corrected chi connectivity index (χ3v) is 4.18. The first-order chi connectivity index (χ1) is 8.31. The fraction of sp³-hybridized carbons (Fsp3) is 0.417. The molecule has 5 nitrogen and oxygen atoms in total. The van der Waals surface area contributed by atoms with Crippen LogP contribution in [0.1, 0.15) is 17.3 Å². The molecule has 0 aromatic heterocycles. The summed E-state index contributed by atoms with van der Waals surface area (Å²) in [6.07, 6.45) is 1.03. The first kappa shape index (κ1) is 14.5. The Morgan fingerprint density at radius 1 is 1.22 bits per heavy atom. The Balaban J connectivity index is 3.27. The van der Waals surface area contributed by atoms with E-state index in [1.807, 2.05) is 0 Å². The fourth-order valence-corrected chi connectivity index (χ4v) is 1.94. The minimum absolute atomic E-state index is 0.203. The zero-order chi connectivity index (χ0) is 13.9. The van der Waals surface area contributed by atoms with Crippen LogP contribution in [0.2, 0.25) is 0 Å². The number of carbonyl (C=O) groups excluding carboxylic acids is 1. The summed E-state index contributed by atoms with van der Waals surface area (Å²) in [5, 5.41) is -1.11. The first-order valence-electron chi connectivity index (χ1n) is 5.26. The van der Waals surface area contributed by atoms with Crippen LogP contribution in [0.5, 0.6) is 11.5 Å². The molecule has 1 aromatic carbocycles. The van der Waals surface area contributed by atoms with E-state index >= 15 is 0 Å². The van der Waals surface area contributed by atoms with E-state index in [2.05, 4.69) is 0 Å². The second kappa shape index (κ2) is 5.39. The van der Waals surface area contributed by atoms with E-state index in [-0.39, 0.29) is 5.56 Å². The van der Waals surface area contributed by atoms with E-state index in [9.17, 15) is 13.2 Å². The van der Waals surface area contributed by atoms with Crippen LogP contribution in [0.3, 0.4) is 0 Å². The number of ether oxygens (including phenoxy) is 2. The highest BCUT2D eigenvalue weighted by atomic mass is 32.2. The number of carbonyl (C=O) groups is 1. The normalized spacial score (nSPS) is 12.9. The third-order valence-electron chi connectivity index (χ3n) is 2.68.